The van der Waals surface area contributed by atoms with Gasteiger partial charge in [0.2, 0.25) is 0 Å². The first-order valence-electron chi connectivity index (χ1n) is 6.29. The van der Waals surface area contributed by atoms with E-state index >= 15 is 0 Å². The summed E-state index contributed by atoms with van der Waals surface area (Å²) in [5, 5.41) is 0. The van der Waals surface area contributed by atoms with Crippen LogP contribution in [0.2, 0.25) is 0 Å². The van der Waals surface area contributed by atoms with Crippen LogP contribution in [-0.4, -0.2) is 24.4 Å². The predicted octanol–water partition coefficient (Wildman–Crippen LogP) is 3.96. The molecule has 0 saturated heterocycles. The number of alkyl halides is 3. The van der Waals surface area contributed by atoms with Gasteiger partial charge >= 0.3 is 6.18 Å². The summed E-state index contributed by atoms with van der Waals surface area (Å²) in [7, 11) is 1.52. The van der Waals surface area contributed by atoms with Gasteiger partial charge in [-0.25, -0.2) is 4.39 Å². The van der Waals surface area contributed by atoms with Crippen molar-refractivity contribution in [3.63, 3.8) is 0 Å². The van der Waals surface area contributed by atoms with Crippen LogP contribution in [0.5, 0.6) is 0 Å². The maximum Gasteiger partial charge on any atom is 0.419 e. The van der Waals surface area contributed by atoms with Crippen LogP contribution in [0.3, 0.4) is 0 Å². The standard InChI is InChI=1S/C14H17F4NO/c1-4-9(2)8-19(3)13(20)10-5-6-12(15)11(7-10)14(16,17)18/h5-7,9H,4,8H2,1-3H3. The van der Waals surface area contributed by atoms with E-state index in [1.807, 2.05) is 13.8 Å². The van der Waals surface area contributed by atoms with Crippen molar-refractivity contribution < 1.29 is 22.4 Å². The summed E-state index contributed by atoms with van der Waals surface area (Å²) in [6, 6.07) is 2.30. The number of carbonyl (C=O) groups is 1. The number of hydrogen-bond acceptors (Lipinski definition) is 1. The molecule has 0 radical (unpaired) electrons. The summed E-state index contributed by atoms with van der Waals surface area (Å²) in [6.45, 7) is 4.34. The minimum atomic E-state index is -4.81. The van der Waals surface area contributed by atoms with Crippen LogP contribution in [0, 0.1) is 11.7 Å². The van der Waals surface area contributed by atoms with Crippen molar-refractivity contribution in [3.8, 4) is 0 Å². The second-order valence-electron chi connectivity index (χ2n) is 4.89. The minimum absolute atomic E-state index is 0.162. The van der Waals surface area contributed by atoms with E-state index in [-0.39, 0.29) is 11.5 Å². The fourth-order valence-electron chi connectivity index (χ4n) is 1.78. The zero-order chi connectivity index (χ0) is 15.5. The smallest absolute Gasteiger partial charge is 0.341 e. The molecule has 0 bridgehead atoms. The van der Waals surface area contributed by atoms with Gasteiger partial charge in [0.25, 0.3) is 5.91 Å². The molecule has 0 spiro atoms. The normalized spacial score (nSPS) is 13.2. The topological polar surface area (TPSA) is 20.3 Å². The Morgan fingerprint density at radius 3 is 2.45 bits per heavy atom. The third kappa shape index (κ3) is 3.95. The van der Waals surface area contributed by atoms with Gasteiger partial charge in [-0.05, 0) is 24.1 Å². The number of nitrogens with zero attached hydrogens (tertiary/aromatic N) is 1. The molecule has 0 aromatic heterocycles. The molecule has 1 amide bonds. The number of amides is 1. The van der Waals surface area contributed by atoms with Gasteiger partial charge in [-0.15, -0.1) is 0 Å². The summed E-state index contributed by atoms with van der Waals surface area (Å²) in [5.74, 6) is -1.68. The molecule has 0 N–H and O–H groups in total. The van der Waals surface area contributed by atoms with Gasteiger partial charge in [-0.1, -0.05) is 20.3 Å². The van der Waals surface area contributed by atoms with Crippen LogP contribution in [0.1, 0.15) is 36.2 Å². The lowest BCUT2D eigenvalue weighted by Crippen LogP contribution is -2.31. The molecule has 1 unspecified atom stereocenters. The molecule has 0 aliphatic carbocycles. The number of rotatable bonds is 4. The Balaban J connectivity index is 3.00. The third-order valence-corrected chi connectivity index (χ3v) is 3.15. The average Bonchev–Trinajstić information content (AvgIpc) is 2.36. The van der Waals surface area contributed by atoms with Crippen LogP contribution in [0.4, 0.5) is 17.6 Å². The summed E-state index contributed by atoms with van der Waals surface area (Å²) in [6.07, 6.45) is -3.95. The van der Waals surface area contributed by atoms with Gasteiger partial charge in [0.15, 0.2) is 0 Å². The molecule has 0 aliphatic rings. The Bertz CT molecular complexity index is 485. The Morgan fingerprint density at radius 1 is 1.35 bits per heavy atom. The van der Waals surface area contributed by atoms with Crippen LogP contribution in [-0.2, 0) is 6.18 Å². The second-order valence-corrected chi connectivity index (χ2v) is 4.89. The van der Waals surface area contributed by atoms with E-state index in [1.165, 1.54) is 11.9 Å². The van der Waals surface area contributed by atoms with E-state index in [0.717, 1.165) is 12.5 Å². The maximum atomic E-state index is 13.1. The maximum absolute atomic E-state index is 13.1. The SMILES string of the molecule is CCC(C)CN(C)C(=O)c1ccc(F)c(C(F)(F)F)c1. The monoisotopic (exact) mass is 291 g/mol. The highest BCUT2D eigenvalue weighted by Gasteiger charge is 2.34. The van der Waals surface area contributed by atoms with Gasteiger partial charge in [-0.3, -0.25) is 4.79 Å². The van der Waals surface area contributed by atoms with Crippen molar-refractivity contribution in [1.29, 1.82) is 0 Å². The quantitative estimate of drug-likeness (QED) is 0.769. The Morgan fingerprint density at radius 2 is 1.95 bits per heavy atom. The fraction of sp³-hybridized carbons (Fsp3) is 0.500. The molecule has 1 aromatic carbocycles. The van der Waals surface area contributed by atoms with E-state index in [1.54, 1.807) is 0 Å². The lowest BCUT2D eigenvalue weighted by Gasteiger charge is -2.21. The van der Waals surface area contributed by atoms with E-state index in [9.17, 15) is 22.4 Å². The van der Waals surface area contributed by atoms with Crippen molar-refractivity contribution in [2.45, 2.75) is 26.4 Å². The molecule has 1 atom stereocenters. The number of carbonyl (C=O) groups excluding carboxylic acids is 1. The van der Waals surface area contributed by atoms with Crippen LogP contribution in [0.25, 0.3) is 0 Å². The zero-order valence-electron chi connectivity index (χ0n) is 11.6. The molecular formula is C14H17F4NO. The van der Waals surface area contributed by atoms with E-state index < -0.39 is 23.5 Å². The van der Waals surface area contributed by atoms with Crippen molar-refractivity contribution in [3.05, 3.63) is 35.1 Å². The second kappa shape index (κ2) is 6.24. The van der Waals surface area contributed by atoms with Gasteiger partial charge in [-0.2, -0.15) is 13.2 Å². The third-order valence-electron chi connectivity index (χ3n) is 3.15. The van der Waals surface area contributed by atoms with Gasteiger partial charge in [0, 0.05) is 19.2 Å². The fourth-order valence-corrected chi connectivity index (χ4v) is 1.78. The molecular weight excluding hydrogens is 274 g/mol. The molecule has 0 fully saturated rings. The van der Waals surface area contributed by atoms with Gasteiger partial charge in [0.1, 0.15) is 5.82 Å². The highest BCUT2D eigenvalue weighted by atomic mass is 19.4. The molecule has 20 heavy (non-hydrogen) atoms. The summed E-state index contributed by atoms with van der Waals surface area (Å²) < 4.78 is 50.9. The summed E-state index contributed by atoms with van der Waals surface area (Å²) >= 11 is 0. The van der Waals surface area contributed by atoms with Crippen molar-refractivity contribution in [2.24, 2.45) is 5.92 Å². The lowest BCUT2D eigenvalue weighted by atomic mass is 10.1. The van der Waals surface area contributed by atoms with E-state index in [2.05, 4.69) is 0 Å². The van der Waals surface area contributed by atoms with Crippen LogP contribution >= 0.6 is 0 Å². The molecule has 112 valence electrons. The van der Waals surface area contributed by atoms with Crippen LogP contribution in [0.15, 0.2) is 18.2 Å². The molecule has 1 rings (SSSR count). The van der Waals surface area contributed by atoms with Crippen molar-refractivity contribution in [1.82, 2.24) is 4.90 Å². The average molecular weight is 291 g/mol. The molecule has 0 heterocycles. The number of hydrogen-bond donors (Lipinski definition) is 0. The van der Waals surface area contributed by atoms with Gasteiger partial charge < -0.3 is 4.90 Å². The Hall–Kier alpha value is -1.59. The van der Waals surface area contributed by atoms with E-state index in [0.29, 0.717) is 18.7 Å². The Labute approximate surface area is 115 Å². The molecule has 0 aliphatic heterocycles. The van der Waals surface area contributed by atoms with Crippen LogP contribution < -0.4 is 0 Å². The Kier molecular flexibility index (Phi) is 5.14. The number of benzene rings is 1. The first-order valence-corrected chi connectivity index (χ1v) is 6.29. The minimum Gasteiger partial charge on any atom is -0.341 e. The van der Waals surface area contributed by atoms with E-state index in [4.69, 9.17) is 0 Å². The summed E-state index contributed by atoms with van der Waals surface area (Å²) in [5.41, 5.74) is -1.58. The molecule has 2 nitrogen and oxygen atoms in total. The lowest BCUT2D eigenvalue weighted by molar-refractivity contribution is -0.140. The molecule has 6 heteroatoms. The molecule has 0 saturated carbocycles. The summed E-state index contributed by atoms with van der Waals surface area (Å²) in [4.78, 5) is 13.4. The van der Waals surface area contributed by atoms with Crippen molar-refractivity contribution >= 4 is 5.91 Å². The van der Waals surface area contributed by atoms with Gasteiger partial charge in [0.05, 0.1) is 5.56 Å². The highest BCUT2D eigenvalue weighted by Crippen LogP contribution is 2.32. The predicted molar refractivity (Wildman–Crippen MR) is 67.8 cm³/mol. The first-order chi connectivity index (χ1) is 9.16. The largest absolute Gasteiger partial charge is 0.419 e. The first kappa shape index (κ1) is 16.5. The van der Waals surface area contributed by atoms with Crippen molar-refractivity contribution in [2.75, 3.05) is 13.6 Å². The molecule has 1 aromatic rings. The highest BCUT2D eigenvalue weighted by molar-refractivity contribution is 5.94. The zero-order valence-corrected chi connectivity index (χ0v) is 11.6. The number of halogens is 4.